The Balaban J connectivity index is 1.86. The van der Waals surface area contributed by atoms with Gasteiger partial charge in [0.15, 0.2) is 23.1 Å². The predicted molar refractivity (Wildman–Crippen MR) is 103 cm³/mol. The molecule has 1 N–H and O–H groups in total. The fourth-order valence-electron chi connectivity index (χ4n) is 3.19. The van der Waals surface area contributed by atoms with Crippen molar-refractivity contribution in [1.29, 1.82) is 0 Å². The summed E-state index contributed by atoms with van der Waals surface area (Å²) in [6.07, 6.45) is 0. The number of aryl methyl sites for hydroxylation is 2. The van der Waals surface area contributed by atoms with Crippen LogP contribution in [0, 0.1) is 24.4 Å². The maximum atomic E-state index is 14.0. The van der Waals surface area contributed by atoms with Gasteiger partial charge in [-0.3, -0.25) is 9.48 Å². The van der Waals surface area contributed by atoms with Crippen molar-refractivity contribution in [2.45, 2.75) is 6.92 Å². The van der Waals surface area contributed by atoms with Gasteiger partial charge >= 0.3 is 0 Å². The highest BCUT2D eigenvalue weighted by Gasteiger charge is 2.21. The average molecular weight is 396 g/mol. The molecule has 0 spiro atoms. The fraction of sp³-hybridized carbons (Fsp3) is 0.0952. The second-order valence-corrected chi connectivity index (χ2v) is 6.51. The molecule has 0 saturated carbocycles. The average Bonchev–Trinajstić information content (AvgIpc) is 3.02. The molecule has 4 aromatic rings. The van der Waals surface area contributed by atoms with E-state index in [4.69, 9.17) is 0 Å². The van der Waals surface area contributed by atoms with Crippen LogP contribution in [0.5, 0.6) is 0 Å². The molecule has 0 radical (unpaired) electrons. The molecule has 4 rings (SSSR count). The first kappa shape index (κ1) is 18.7. The number of rotatable bonds is 3. The Morgan fingerprint density at radius 1 is 1.03 bits per heavy atom. The van der Waals surface area contributed by atoms with E-state index in [1.54, 1.807) is 24.7 Å². The van der Waals surface area contributed by atoms with Crippen LogP contribution >= 0.6 is 0 Å². The first-order valence-electron chi connectivity index (χ1n) is 8.71. The minimum atomic E-state index is -1.65. The lowest BCUT2D eigenvalue weighted by molar-refractivity contribution is 0.102. The standard InChI is InChI=1S/C21H15F3N4O/c1-11-17-13(21(29)26-15-9-8-14(22)18(23)19(15)24)10-16(12-6-4-3-5-7-12)25-20(17)28(2)27-11/h3-10H,1-2H3,(H,26,29). The zero-order chi connectivity index (χ0) is 20.7. The largest absolute Gasteiger partial charge is 0.319 e. The van der Waals surface area contributed by atoms with Crippen LogP contribution in [0.1, 0.15) is 16.1 Å². The molecular formula is C21H15F3N4O. The van der Waals surface area contributed by atoms with E-state index in [0.717, 1.165) is 17.7 Å². The summed E-state index contributed by atoms with van der Waals surface area (Å²) < 4.78 is 42.3. The summed E-state index contributed by atoms with van der Waals surface area (Å²) in [7, 11) is 1.70. The summed E-state index contributed by atoms with van der Waals surface area (Å²) in [5.41, 5.74) is 2.08. The molecule has 0 atom stereocenters. The Kier molecular flexibility index (Phi) is 4.54. The summed E-state index contributed by atoms with van der Waals surface area (Å²) in [6, 6.07) is 12.5. The quantitative estimate of drug-likeness (QED) is 0.515. The molecule has 1 amide bonds. The van der Waals surface area contributed by atoms with Gasteiger partial charge in [0, 0.05) is 12.6 Å². The van der Waals surface area contributed by atoms with Crippen molar-refractivity contribution in [2.75, 3.05) is 5.32 Å². The van der Waals surface area contributed by atoms with Crippen LogP contribution in [0.15, 0.2) is 48.5 Å². The van der Waals surface area contributed by atoms with Crippen LogP contribution in [-0.4, -0.2) is 20.7 Å². The summed E-state index contributed by atoms with van der Waals surface area (Å²) in [5.74, 6) is -5.13. The number of aromatic nitrogens is 3. The van der Waals surface area contributed by atoms with Crippen molar-refractivity contribution in [3.63, 3.8) is 0 Å². The fourth-order valence-corrected chi connectivity index (χ4v) is 3.19. The monoisotopic (exact) mass is 396 g/mol. The smallest absolute Gasteiger partial charge is 0.256 e. The molecule has 0 aliphatic heterocycles. The third-order valence-electron chi connectivity index (χ3n) is 4.57. The van der Waals surface area contributed by atoms with Crippen LogP contribution in [-0.2, 0) is 7.05 Å². The summed E-state index contributed by atoms with van der Waals surface area (Å²) in [5, 5.41) is 7.12. The van der Waals surface area contributed by atoms with Crippen LogP contribution < -0.4 is 5.32 Å². The predicted octanol–water partition coefficient (Wildman–Crippen LogP) is 4.61. The lowest BCUT2D eigenvalue weighted by Gasteiger charge is -2.10. The molecule has 29 heavy (non-hydrogen) atoms. The Hall–Kier alpha value is -3.68. The number of hydrogen-bond acceptors (Lipinski definition) is 3. The molecule has 5 nitrogen and oxygen atoms in total. The first-order chi connectivity index (χ1) is 13.9. The van der Waals surface area contributed by atoms with Gasteiger partial charge in [0.05, 0.1) is 28.0 Å². The molecule has 2 aromatic heterocycles. The maximum absolute atomic E-state index is 14.0. The summed E-state index contributed by atoms with van der Waals surface area (Å²) >= 11 is 0. The highest BCUT2D eigenvalue weighted by Crippen LogP contribution is 2.28. The Bertz CT molecular complexity index is 1250. The molecule has 2 aromatic carbocycles. The number of carbonyl (C=O) groups is 1. The molecule has 8 heteroatoms. The van der Waals surface area contributed by atoms with Crippen molar-refractivity contribution in [3.8, 4) is 11.3 Å². The second kappa shape index (κ2) is 7.05. The van der Waals surface area contributed by atoms with E-state index in [1.165, 1.54) is 0 Å². The van der Waals surface area contributed by atoms with E-state index in [2.05, 4.69) is 15.4 Å². The maximum Gasteiger partial charge on any atom is 0.256 e. The van der Waals surface area contributed by atoms with Gasteiger partial charge in [-0.2, -0.15) is 5.10 Å². The Morgan fingerprint density at radius 3 is 2.48 bits per heavy atom. The number of amides is 1. The van der Waals surface area contributed by atoms with E-state index in [1.807, 2.05) is 30.3 Å². The number of pyridine rings is 1. The lowest BCUT2D eigenvalue weighted by Crippen LogP contribution is -2.15. The van der Waals surface area contributed by atoms with Gasteiger partial charge in [-0.05, 0) is 25.1 Å². The molecule has 0 saturated heterocycles. The highest BCUT2D eigenvalue weighted by atomic mass is 19.2. The van der Waals surface area contributed by atoms with E-state index in [0.29, 0.717) is 22.4 Å². The van der Waals surface area contributed by atoms with Crippen LogP contribution in [0.25, 0.3) is 22.3 Å². The van der Waals surface area contributed by atoms with Crippen molar-refractivity contribution in [1.82, 2.24) is 14.8 Å². The van der Waals surface area contributed by atoms with E-state index < -0.39 is 29.0 Å². The van der Waals surface area contributed by atoms with E-state index >= 15 is 0 Å². The van der Waals surface area contributed by atoms with E-state index in [9.17, 15) is 18.0 Å². The number of anilines is 1. The molecule has 0 aliphatic rings. The van der Waals surface area contributed by atoms with Gasteiger partial charge in [0.1, 0.15) is 0 Å². The normalized spacial score (nSPS) is 11.1. The Labute approximate surface area is 163 Å². The molecule has 0 unspecified atom stereocenters. The number of halogens is 3. The van der Waals surface area contributed by atoms with Crippen molar-refractivity contribution < 1.29 is 18.0 Å². The van der Waals surface area contributed by atoms with Gasteiger partial charge < -0.3 is 5.32 Å². The lowest BCUT2D eigenvalue weighted by atomic mass is 10.0. The van der Waals surface area contributed by atoms with Gasteiger partial charge in [-0.15, -0.1) is 0 Å². The van der Waals surface area contributed by atoms with Crippen molar-refractivity contribution in [3.05, 3.63) is 77.2 Å². The highest BCUT2D eigenvalue weighted by molar-refractivity contribution is 6.13. The SMILES string of the molecule is Cc1nn(C)c2nc(-c3ccccc3)cc(C(=O)Nc3ccc(F)c(F)c3F)c12. The van der Waals surface area contributed by atoms with Crippen LogP contribution in [0.3, 0.4) is 0 Å². The van der Waals surface area contributed by atoms with Crippen molar-refractivity contribution in [2.24, 2.45) is 7.05 Å². The zero-order valence-corrected chi connectivity index (χ0v) is 15.5. The van der Waals surface area contributed by atoms with Gasteiger partial charge in [-0.25, -0.2) is 18.2 Å². The third-order valence-corrected chi connectivity index (χ3v) is 4.57. The molecular weight excluding hydrogens is 381 g/mol. The molecule has 0 fully saturated rings. The number of nitrogens with one attached hydrogen (secondary N) is 1. The van der Waals surface area contributed by atoms with Gasteiger partial charge in [0.2, 0.25) is 0 Å². The van der Waals surface area contributed by atoms with E-state index in [-0.39, 0.29) is 5.56 Å². The van der Waals surface area contributed by atoms with Gasteiger partial charge in [-0.1, -0.05) is 30.3 Å². The second-order valence-electron chi connectivity index (χ2n) is 6.51. The number of carbonyl (C=O) groups excluding carboxylic acids is 1. The number of nitrogens with zero attached hydrogens (tertiary/aromatic N) is 3. The molecule has 0 bridgehead atoms. The van der Waals surface area contributed by atoms with Crippen LogP contribution in [0.4, 0.5) is 18.9 Å². The summed E-state index contributed by atoms with van der Waals surface area (Å²) in [4.78, 5) is 17.6. The molecule has 0 aliphatic carbocycles. The topological polar surface area (TPSA) is 59.8 Å². The van der Waals surface area contributed by atoms with Crippen molar-refractivity contribution >= 4 is 22.6 Å². The number of hydrogen-bond donors (Lipinski definition) is 1. The van der Waals surface area contributed by atoms with Crippen LogP contribution in [0.2, 0.25) is 0 Å². The number of fused-ring (bicyclic) bond motifs is 1. The minimum Gasteiger partial charge on any atom is -0.319 e. The van der Waals surface area contributed by atoms with Gasteiger partial charge in [0.25, 0.3) is 5.91 Å². The summed E-state index contributed by atoms with van der Waals surface area (Å²) in [6.45, 7) is 1.72. The molecule has 2 heterocycles. The first-order valence-corrected chi connectivity index (χ1v) is 8.71. The third kappa shape index (κ3) is 3.22. The minimum absolute atomic E-state index is 0.198. The molecule has 146 valence electrons. The number of benzene rings is 2. The zero-order valence-electron chi connectivity index (χ0n) is 15.5. The Morgan fingerprint density at radius 2 is 1.76 bits per heavy atom.